The molecule has 7 nitrogen and oxygen atoms in total. The first kappa shape index (κ1) is 16.5. The number of nitro benzene ring substituents is 2. The fraction of sp³-hybridized carbons (Fsp3) is 0.222. The van der Waals surface area contributed by atoms with Gasteiger partial charge in [0.25, 0.3) is 11.4 Å². The summed E-state index contributed by atoms with van der Waals surface area (Å²) in [5, 5.41) is 25.8. The number of halogens is 1. The second kappa shape index (κ2) is 6.10. The fourth-order valence-corrected chi connectivity index (χ4v) is 4.07. The zero-order chi connectivity index (χ0) is 18.4. The van der Waals surface area contributed by atoms with Crippen molar-refractivity contribution in [2.45, 2.75) is 18.4 Å². The fourth-order valence-electron chi connectivity index (χ4n) is 3.89. The zero-order valence-corrected chi connectivity index (χ0v) is 14.2. The topological polar surface area (TPSA) is 98.3 Å². The van der Waals surface area contributed by atoms with Crippen LogP contribution in [0.1, 0.15) is 29.5 Å². The summed E-state index contributed by atoms with van der Waals surface area (Å²) in [4.78, 5) is 21.4. The number of nitrogens with zero attached hydrogens (tertiary/aromatic N) is 2. The normalized spacial score (nSPS) is 23.0. The molecule has 3 atom stereocenters. The van der Waals surface area contributed by atoms with Gasteiger partial charge in [-0.15, -0.1) is 0 Å². The van der Waals surface area contributed by atoms with Gasteiger partial charge in [0.15, 0.2) is 0 Å². The Bertz CT molecular complexity index is 959. The van der Waals surface area contributed by atoms with Crippen LogP contribution in [0.3, 0.4) is 0 Å². The lowest BCUT2D eigenvalue weighted by atomic mass is 9.77. The van der Waals surface area contributed by atoms with E-state index in [-0.39, 0.29) is 34.3 Å². The lowest BCUT2D eigenvalue weighted by Gasteiger charge is -2.37. The molecule has 0 saturated carbocycles. The second-order valence-corrected chi connectivity index (χ2v) is 6.88. The Morgan fingerprint density at radius 2 is 1.88 bits per heavy atom. The Hall–Kier alpha value is -2.93. The minimum atomic E-state index is -0.490. The van der Waals surface area contributed by atoms with Crippen molar-refractivity contribution < 1.29 is 9.85 Å². The highest BCUT2D eigenvalue weighted by atomic mass is 35.5. The van der Waals surface area contributed by atoms with Crippen LogP contribution in [0.15, 0.2) is 48.6 Å². The average Bonchev–Trinajstić information content (AvgIpc) is 3.11. The van der Waals surface area contributed by atoms with Crippen LogP contribution in [0.2, 0.25) is 5.02 Å². The minimum Gasteiger partial charge on any atom is -0.378 e. The number of fused-ring (bicyclic) bond motifs is 3. The van der Waals surface area contributed by atoms with Gasteiger partial charge in [-0.2, -0.15) is 0 Å². The van der Waals surface area contributed by atoms with Crippen molar-refractivity contribution in [2.24, 2.45) is 5.92 Å². The summed E-state index contributed by atoms with van der Waals surface area (Å²) in [6.07, 6.45) is 4.91. The molecular weight excluding hydrogens is 358 g/mol. The van der Waals surface area contributed by atoms with Gasteiger partial charge in [-0.25, -0.2) is 0 Å². The summed E-state index contributed by atoms with van der Waals surface area (Å²) in [6, 6.07) is 9.47. The van der Waals surface area contributed by atoms with Crippen LogP contribution in [0.4, 0.5) is 17.1 Å². The standard InChI is InChI=1S/C18H14ClN3O4/c19-15-6-4-10(8-17(15)22(25)26)18-13-3-1-2-12(13)14-9-11(21(23)24)5-7-16(14)20-18/h1-2,4-9,12-13,18,20H,3H2/t12-,13+,18+/m1/s1. The molecule has 2 aliphatic rings. The molecule has 0 aromatic heterocycles. The van der Waals surface area contributed by atoms with Crippen LogP contribution >= 0.6 is 11.6 Å². The minimum absolute atomic E-state index is 0.0332. The SMILES string of the molecule is O=[N+]([O-])c1ccc2c(c1)[C@@H]1C=CC[C@@H]1[C@H](c1ccc(Cl)c([N+](=O)[O-])c1)N2. The number of hydrogen-bond donors (Lipinski definition) is 1. The molecule has 8 heteroatoms. The predicted octanol–water partition coefficient (Wildman–Crippen LogP) is 4.98. The number of nitrogens with one attached hydrogen (secondary N) is 1. The van der Waals surface area contributed by atoms with Crippen LogP contribution in [0.25, 0.3) is 0 Å². The van der Waals surface area contributed by atoms with Gasteiger partial charge >= 0.3 is 0 Å². The van der Waals surface area contributed by atoms with Gasteiger partial charge in [0.1, 0.15) is 5.02 Å². The van der Waals surface area contributed by atoms with Crippen molar-refractivity contribution in [1.82, 2.24) is 0 Å². The van der Waals surface area contributed by atoms with E-state index in [9.17, 15) is 20.2 Å². The van der Waals surface area contributed by atoms with Crippen molar-refractivity contribution in [3.05, 3.63) is 84.9 Å². The molecule has 0 amide bonds. The summed E-state index contributed by atoms with van der Waals surface area (Å²) < 4.78 is 0. The highest BCUT2D eigenvalue weighted by Gasteiger charge is 2.39. The maximum atomic E-state index is 11.2. The Balaban J connectivity index is 1.78. The molecule has 26 heavy (non-hydrogen) atoms. The molecule has 2 aromatic carbocycles. The Labute approximate surface area is 153 Å². The van der Waals surface area contributed by atoms with Gasteiger partial charge in [0.2, 0.25) is 0 Å². The third-order valence-corrected chi connectivity index (χ3v) is 5.40. The van der Waals surface area contributed by atoms with Crippen LogP contribution in [-0.4, -0.2) is 9.85 Å². The van der Waals surface area contributed by atoms with E-state index in [0.29, 0.717) is 0 Å². The van der Waals surface area contributed by atoms with Crippen molar-refractivity contribution in [3.8, 4) is 0 Å². The van der Waals surface area contributed by atoms with Gasteiger partial charge in [0.05, 0.1) is 15.9 Å². The van der Waals surface area contributed by atoms with E-state index in [1.807, 2.05) is 0 Å². The Morgan fingerprint density at radius 3 is 2.62 bits per heavy atom. The average molecular weight is 372 g/mol. The van der Waals surface area contributed by atoms with E-state index in [1.54, 1.807) is 24.3 Å². The van der Waals surface area contributed by atoms with E-state index >= 15 is 0 Å². The predicted molar refractivity (Wildman–Crippen MR) is 97.6 cm³/mol. The monoisotopic (exact) mass is 371 g/mol. The summed E-state index contributed by atoms with van der Waals surface area (Å²) in [7, 11) is 0. The maximum Gasteiger partial charge on any atom is 0.288 e. The number of nitro groups is 2. The van der Waals surface area contributed by atoms with Gasteiger partial charge in [0, 0.05) is 29.8 Å². The molecule has 0 spiro atoms. The number of benzene rings is 2. The largest absolute Gasteiger partial charge is 0.378 e. The summed E-state index contributed by atoms with van der Waals surface area (Å²) in [6.45, 7) is 0. The first-order chi connectivity index (χ1) is 12.5. The molecule has 0 bridgehead atoms. The molecule has 0 fully saturated rings. The second-order valence-electron chi connectivity index (χ2n) is 6.47. The number of non-ortho nitro benzene ring substituents is 1. The van der Waals surface area contributed by atoms with Crippen molar-refractivity contribution in [3.63, 3.8) is 0 Å². The third-order valence-electron chi connectivity index (χ3n) is 5.08. The molecule has 0 unspecified atom stereocenters. The number of rotatable bonds is 3. The van der Waals surface area contributed by atoms with Gasteiger partial charge in [-0.05, 0) is 35.6 Å². The van der Waals surface area contributed by atoms with Crippen LogP contribution in [0, 0.1) is 26.1 Å². The van der Waals surface area contributed by atoms with Crippen molar-refractivity contribution in [1.29, 1.82) is 0 Å². The maximum absolute atomic E-state index is 11.2. The molecular formula is C18H14ClN3O4. The molecule has 132 valence electrons. The van der Waals surface area contributed by atoms with E-state index in [0.717, 1.165) is 23.2 Å². The first-order valence-electron chi connectivity index (χ1n) is 8.11. The van der Waals surface area contributed by atoms with Gasteiger partial charge in [-0.1, -0.05) is 29.8 Å². The van der Waals surface area contributed by atoms with Crippen molar-refractivity contribution >= 4 is 28.7 Å². The summed E-state index contributed by atoms with van der Waals surface area (Å²) >= 11 is 5.93. The molecule has 1 aliphatic heterocycles. The molecule has 1 N–H and O–H groups in total. The molecule has 1 aliphatic carbocycles. The van der Waals surface area contributed by atoms with E-state index in [4.69, 9.17) is 11.6 Å². The van der Waals surface area contributed by atoms with Crippen LogP contribution < -0.4 is 5.32 Å². The number of hydrogen-bond acceptors (Lipinski definition) is 5. The number of anilines is 1. The Morgan fingerprint density at radius 1 is 1.08 bits per heavy atom. The summed E-state index contributed by atoms with van der Waals surface area (Å²) in [5.74, 6) is 0.163. The molecule has 1 heterocycles. The quantitative estimate of drug-likeness (QED) is 0.466. The molecule has 2 aromatic rings. The van der Waals surface area contributed by atoms with Crippen LogP contribution in [0.5, 0.6) is 0 Å². The lowest BCUT2D eigenvalue weighted by Crippen LogP contribution is -2.29. The summed E-state index contributed by atoms with van der Waals surface area (Å²) in [5.41, 5.74) is 2.42. The smallest absolute Gasteiger partial charge is 0.288 e. The van der Waals surface area contributed by atoms with E-state index < -0.39 is 9.85 Å². The molecule has 4 rings (SSSR count). The highest BCUT2D eigenvalue weighted by Crippen LogP contribution is 2.50. The lowest BCUT2D eigenvalue weighted by molar-refractivity contribution is -0.385. The third kappa shape index (κ3) is 2.61. The first-order valence-corrected chi connectivity index (χ1v) is 8.49. The number of allylic oxidation sites excluding steroid dienone is 2. The van der Waals surface area contributed by atoms with E-state index in [1.165, 1.54) is 12.1 Å². The van der Waals surface area contributed by atoms with Crippen molar-refractivity contribution in [2.75, 3.05) is 5.32 Å². The van der Waals surface area contributed by atoms with Gasteiger partial charge < -0.3 is 5.32 Å². The molecule has 0 radical (unpaired) electrons. The zero-order valence-electron chi connectivity index (χ0n) is 13.5. The Kier molecular flexibility index (Phi) is 3.88. The van der Waals surface area contributed by atoms with E-state index in [2.05, 4.69) is 17.5 Å². The van der Waals surface area contributed by atoms with Crippen LogP contribution in [-0.2, 0) is 0 Å². The highest BCUT2D eigenvalue weighted by molar-refractivity contribution is 6.32. The molecule has 0 saturated heterocycles. The van der Waals surface area contributed by atoms with Gasteiger partial charge in [-0.3, -0.25) is 20.2 Å².